The zero-order chi connectivity index (χ0) is 10.1. The summed E-state index contributed by atoms with van der Waals surface area (Å²) in [6.07, 6.45) is 1.96. The van der Waals surface area contributed by atoms with Gasteiger partial charge in [-0.2, -0.15) is 5.26 Å². The van der Waals surface area contributed by atoms with Gasteiger partial charge in [-0.05, 0) is 17.8 Å². The van der Waals surface area contributed by atoms with Crippen molar-refractivity contribution >= 4 is 5.78 Å². The fraction of sp³-hybridized carbons (Fsp3) is 0.818. The van der Waals surface area contributed by atoms with Crippen LogP contribution in [0.2, 0.25) is 0 Å². The topological polar surface area (TPSA) is 40.9 Å². The molecule has 0 N–H and O–H groups in total. The number of nitrogens with zero attached hydrogens (tertiary/aromatic N) is 1. The molecule has 2 atom stereocenters. The number of rotatable bonds is 0. The normalized spacial score (nSPS) is 29.8. The molecule has 72 valence electrons. The Morgan fingerprint density at radius 2 is 2.08 bits per heavy atom. The summed E-state index contributed by atoms with van der Waals surface area (Å²) in [6.45, 7) is 6.34. The van der Waals surface area contributed by atoms with Gasteiger partial charge in [0.25, 0.3) is 0 Å². The van der Waals surface area contributed by atoms with Crippen LogP contribution in [0.1, 0.15) is 40.0 Å². The molecule has 1 rings (SSSR count). The van der Waals surface area contributed by atoms with E-state index in [9.17, 15) is 4.79 Å². The molecular formula is C11H17NO. The predicted molar refractivity (Wildman–Crippen MR) is 50.9 cm³/mol. The van der Waals surface area contributed by atoms with Crippen molar-refractivity contribution in [3.8, 4) is 6.07 Å². The second-order valence-electron chi connectivity index (χ2n) is 4.99. The largest absolute Gasteiger partial charge is 0.300 e. The molecule has 0 unspecified atom stereocenters. The molecule has 0 aromatic rings. The molecule has 1 aliphatic carbocycles. The summed E-state index contributed by atoms with van der Waals surface area (Å²) in [6, 6.07) is 2.33. The Morgan fingerprint density at radius 1 is 1.46 bits per heavy atom. The summed E-state index contributed by atoms with van der Waals surface area (Å²) in [5.41, 5.74) is 0.0798. The zero-order valence-corrected chi connectivity index (χ0v) is 8.63. The maximum Gasteiger partial charge on any atom is 0.133 e. The van der Waals surface area contributed by atoms with E-state index in [0.717, 1.165) is 6.42 Å². The molecule has 0 bridgehead atoms. The zero-order valence-electron chi connectivity index (χ0n) is 8.63. The average molecular weight is 179 g/mol. The predicted octanol–water partition coefficient (Wildman–Crippen LogP) is 2.54. The van der Waals surface area contributed by atoms with Crippen molar-refractivity contribution in [2.75, 3.05) is 0 Å². The molecule has 0 aromatic heterocycles. The van der Waals surface area contributed by atoms with E-state index < -0.39 is 0 Å². The lowest BCUT2D eigenvalue weighted by molar-refractivity contribution is -0.123. The van der Waals surface area contributed by atoms with Gasteiger partial charge in [0.05, 0.1) is 12.0 Å². The van der Waals surface area contributed by atoms with Gasteiger partial charge in [0, 0.05) is 12.8 Å². The highest BCUT2D eigenvalue weighted by atomic mass is 16.1. The van der Waals surface area contributed by atoms with E-state index in [4.69, 9.17) is 5.26 Å². The highest BCUT2D eigenvalue weighted by Crippen LogP contribution is 2.40. The van der Waals surface area contributed by atoms with Crippen molar-refractivity contribution < 1.29 is 4.79 Å². The molecule has 0 saturated heterocycles. The average Bonchev–Trinajstić information content (AvgIpc) is 2.03. The molecule has 1 aliphatic rings. The van der Waals surface area contributed by atoms with Crippen LogP contribution in [0.5, 0.6) is 0 Å². The van der Waals surface area contributed by atoms with Crippen molar-refractivity contribution in [1.82, 2.24) is 0 Å². The Morgan fingerprint density at radius 3 is 2.54 bits per heavy atom. The van der Waals surface area contributed by atoms with Gasteiger partial charge in [-0.3, -0.25) is 4.79 Å². The summed E-state index contributed by atoms with van der Waals surface area (Å²) in [5, 5.41) is 8.95. The molecule has 0 aliphatic heterocycles. The van der Waals surface area contributed by atoms with E-state index in [1.54, 1.807) is 0 Å². The standard InChI is InChI=1S/C11H17NO/c1-11(2,3)10-6-9(13)5-4-8(10)7-12/h8,10H,4-6H2,1-3H3/t8-,10+/m0/s1. The van der Waals surface area contributed by atoms with E-state index in [0.29, 0.717) is 18.6 Å². The third-order valence-corrected chi connectivity index (χ3v) is 2.95. The summed E-state index contributed by atoms with van der Waals surface area (Å²) < 4.78 is 0. The van der Waals surface area contributed by atoms with Crippen molar-refractivity contribution in [2.45, 2.75) is 40.0 Å². The number of Topliss-reactive ketones (excluding diaryl/α,β-unsaturated/α-hetero) is 1. The fourth-order valence-corrected chi connectivity index (χ4v) is 2.07. The Hall–Kier alpha value is -0.840. The first-order valence-electron chi connectivity index (χ1n) is 4.86. The van der Waals surface area contributed by atoms with Crippen LogP contribution < -0.4 is 0 Å². The molecule has 0 spiro atoms. The molecule has 0 amide bonds. The van der Waals surface area contributed by atoms with Crippen molar-refractivity contribution in [3.63, 3.8) is 0 Å². The number of hydrogen-bond acceptors (Lipinski definition) is 2. The van der Waals surface area contributed by atoms with Crippen LogP contribution in [-0.4, -0.2) is 5.78 Å². The van der Waals surface area contributed by atoms with Gasteiger partial charge >= 0.3 is 0 Å². The molecule has 1 saturated carbocycles. The second kappa shape index (κ2) is 3.49. The van der Waals surface area contributed by atoms with Crippen molar-refractivity contribution in [3.05, 3.63) is 0 Å². The monoisotopic (exact) mass is 179 g/mol. The Balaban J connectivity index is 2.78. The SMILES string of the molecule is CC(C)(C)[C@@H]1CC(=O)CC[C@H]1C#N. The maximum atomic E-state index is 11.3. The van der Waals surface area contributed by atoms with E-state index in [1.807, 2.05) is 0 Å². The van der Waals surface area contributed by atoms with Crippen LogP contribution in [0, 0.1) is 28.6 Å². The molecule has 2 nitrogen and oxygen atoms in total. The van der Waals surface area contributed by atoms with Crippen LogP contribution >= 0.6 is 0 Å². The first-order valence-corrected chi connectivity index (χ1v) is 4.86. The molecule has 0 heterocycles. The Labute approximate surface area is 79.9 Å². The number of carbonyl (C=O) groups excluding carboxylic acids is 1. The van der Waals surface area contributed by atoms with Gasteiger partial charge in [-0.1, -0.05) is 20.8 Å². The van der Waals surface area contributed by atoms with Crippen LogP contribution in [0.3, 0.4) is 0 Å². The lowest BCUT2D eigenvalue weighted by Crippen LogP contribution is -2.33. The fourth-order valence-electron chi connectivity index (χ4n) is 2.07. The molecule has 13 heavy (non-hydrogen) atoms. The van der Waals surface area contributed by atoms with E-state index in [1.165, 1.54) is 0 Å². The van der Waals surface area contributed by atoms with Gasteiger partial charge in [0.1, 0.15) is 5.78 Å². The summed E-state index contributed by atoms with van der Waals surface area (Å²) in [4.78, 5) is 11.3. The van der Waals surface area contributed by atoms with Crippen LogP contribution in [-0.2, 0) is 4.79 Å². The summed E-state index contributed by atoms with van der Waals surface area (Å²) >= 11 is 0. The minimum absolute atomic E-state index is 0.0798. The Kier molecular flexibility index (Phi) is 2.75. The number of hydrogen-bond donors (Lipinski definition) is 0. The third kappa shape index (κ3) is 2.30. The van der Waals surface area contributed by atoms with E-state index in [2.05, 4.69) is 26.8 Å². The van der Waals surface area contributed by atoms with Gasteiger partial charge in [-0.25, -0.2) is 0 Å². The summed E-state index contributed by atoms with van der Waals surface area (Å²) in [7, 11) is 0. The Bertz CT molecular complexity index is 244. The minimum Gasteiger partial charge on any atom is -0.300 e. The molecule has 0 radical (unpaired) electrons. The maximum absolute atomic E-state index is 11.3. The van der Waals surface area contributed by atoms with Crippen molar-refractivity contribution in [1.29, 1.82) is 5.26 Å². The highest BCUT2D eigenvalue weighted by Gasteiger charge is 2.36. The number of ketones is 1. The van der Waals surface area contributed by atoms with Crippen molar-refractivity contribution in [2.24, 2.45) is 17.3 Å². The third-order valence-electron chi connectivity index (χ3n) is 2.95. The molecular weight excluding hydrogens is 162 g/mol. The number of nitriles is 1. The quantitative estimate of drug-likeness (QED) is 0.573. The first-order chi connectivity index (χ1) is 5.95. The molecule has 1 fully saturated rings. The number of carbonyl (C=O) groups is 1. The van der Waals surface area contributed by atoms with Gasteiger partial charge < -0.3 is 0 Å². The van der Waals surface area contributed by atoms with Crippen LogP contribution in [0.25, 0.3) is 0 Å². The van der Waals surface area contributed by atoms with Crippen LogP contribution in [0.4, 0.5) is 0 Å². The van der Waals surface area contributed by atoms with Gasteiger partial charge in [-0.15, -0.1) is 0 Å². The smallest absolute Gasteiger partial charge is 0.133 e. The van der Waals surface area contributed by atoms with E-state index in [-0.39, 0.29) is 17.3 Å². The second-order valence-corrected chi connectivity index (χ2v) is 4.99. The van der Waals surface area contributed by atoms with Gasteiger partial charge in [0.15, 0.2) is 0 Å². The first kappa shape index (κ1) is 10.2. The lowest BCUT2D eigenvalue weighted by Gasteiger charge is -2.36. The van der Waals surface area contributed by atoms with Gasteiger partial charge in [0.2, 0.25) is 0 Å². The lowest BCUT2D eigenvalue weighted by atomic mass is 9.66. The molecule has 0 aromatic carbocycles. The summed E-state index contributed by atoms with van der Waals surface area (Å²) in [5.74, 6) is 0.655. The van der Waals surface area contributed by atoms with E-state index >= 15 is 0 Å². The highest BCUT2D eigenvalue weighted by molar-refractivity contribution is 5.79. The van der Waals surface area contributed by atoms with Crippen LogP contribution in [0.15, 0.2) is 0 Å². The molecule has 2 heteroatoms. The minimum atomic E-state index is 0.0798.